The molecule has 2 aromatic carbocycles. The Balaban J connectivity index is 1.92. The number of nitrogens with zero attached hydrogens (tertiary/aromatic N) is 1. The number of para-hydroxylation sites is 1. The fraction of sp³-hybridized carbons (Fsp3) is 0.250. The molecule has 0 spiro atoms. The zero-order chi connectivity index (χ0) is 12.7. The van der Waals surface area contributed by atoms with E-state index in [1.165, 1.54) is 21.0 Å². The molecule has 0 amide bonds. The van der Waals surface area contributed by atoms with Crippen LogP contribution < -0.4 is 10.2 Å². The second-order valence-electron chi connectivity index (χ2n) is 5.02. The highest BCUT2D eigenvalue weighted by molar-refractivity contribution is 7.99. The van der Waals surface area contributed by atoms with Gasteiger partial charge in [-0.3, -0.25) is 0 Å². The van der Waals surface area contributed by atoms with Gasteiger partial charge in [-0.1, -0.05) is 42.1 Å². The lowest BCUT2D eigenvalue weighted by Gasteiger charge is -2.37. The molecule has 2 aliphatic heterocycles. The van der Waals surface area contributed by atoms with Crippen molar-refractivity contribution in [3.8, 4) is 0 Å². The molecule has 2 aromatic rings. The van der Waals surface area contributed by atoms with Crippen molar-refractivity contribution in [3.05, 3.63) is 54.1 Å². The summed E-state index contributed by atoms with van der Waals surface area (Å²) in [5, 5.41) is 3.53. The zero-order valence-electron chi connectivity index (χ0n) is 10.7. The molecule has 4 rings (SSSR count). The molecule has 1 fully saturated rings. The monoisotopic (exact) mass is 268 g/mol. The molecule has 0 radical (unpaired) electrons. The molecule has 3 heteroatoms. The molecule has 1 atom stereocenters. The molecule has 19 heavy (non-hydrogen) atoms. The Morgan fingerprint density at radius 2 is 1.79 bits per heavy atom. The minimum Gasteiger partial charge on any atom is -0.361 e. The first-order valence-corrected chi connectivity index (χ1v) is 7.58. The molecule has 2 aliphatic rings. The van der Waals surface area contributed by atoms with Crippen LogP contribution in [0.4, 0.5) is 5.69 Å². The average molecular weight is 268 g/mol. The van der Waals surface area contributed by atoms with Crippen molar-refractivity contribution in [2.24, 2.45) is 0 Å². The highest BCUT2D eigenvalue weighted by atomic mass is 32.2. The van der Waals surface area contributed by atoms with Gasteiger partial charge in [0.1, 0.15) is 0 Å². The molecule has 2 nitrogen and oxygen atoms in total. The van der Waals surface area contributed by atoms with Crippen molar-refractivity contribution in [2.45, 2.75) is 15.8 Å². The smallest absolute Gasteiger partial charge is 0.0678 e. The van der Waals surface area contributed by atoms with Crippen LogP contribution in [0.15, 0.2) is 58.3 Å². The zero-order valence-corrected chi connectivity index (χ0v) is 11.5. The Morgan fingerprint density at radius 1 is 1.00 bits per heavy atom. The van der Waals surface area contributed by atoms with E-state index in [9.17, 15) is 0 Å². The maximum Gasteiger partial charge on any atom is 0.0678 e. The topological polar surface area (TPSA) is 15.3 Å². The maximum atomic E-state index is 3.53. The first-order chi connectivity index (χ1) is 9.43. The van der Waals surface area contributed by atoms with Crippen molar-refractivity contribution in [2.75, 3.05) is 24.5 Å². The van der Waals surface area contributed by atoms with Gasteiger partial charge in [-0.05, 0) is 23.8 Å². The molecule has 1 unspecified atom stereocenters. The Bertz CT molecular complexity index is 558. The van der Waals surface area contributed by atoms with E-state index in [0.29, 0.717) is 6.04 Å². The third-order valence-electron chi connectivity index (χ3n) is 3.92. The summed E-state index contributed by atoms with van der Waals surface area (Å²) < 4.78 is 0. The van der Waals surface area contributed by atoms with Crippen molar-refractivity contribution < 1.29 is 0 Å². The van der Waals surface area contributed by atoms with Crippen LogP contribution in [0.25, 0.3) is 0 Å². The number of piperazine rings is 1. The third-order valence-corrected chi connectivity index (χ3v) is 5.07. The normalized spacial score (nSPS) is 21.1. The van der Waals surface area contributed by atoms with E-state index in [0.717, 1.165) is 19.6 Å². The van der Waals surface area contributed by atoms with Crippen LogP contribution in [0.5, 0.6) is 0 Å². The van der Waals surface area contributed by atoms with Crippen molar-refractivity contribution in [1.29, 1.82) is 0 Å². The van der Waals surface area contributed by atoms with Crippen LogP contribution in [0.3, 0.4) is 0 Å². The molecule has 0 bridgehead atoms. The summed E-state index contributed by atoms with van der Waals surface area (Å²) in [7, 11) is 0. The lowest BCUT2D eigenvalue weighted by molar-refractivity contribution is 0.485. The standard InChI is InChI=1S/C16H16N2S/c1-3-7-15-12(5-1)14-11-17-9-10-18(14)13-6-2-4-8-16(13)19-15/h1-8,14,17H,9-11H2. The number of benzene rings is 2. The van der Waals surface area contributed by atoms with E-state index in [2.05, 4.69) is 58.7 Å². The number of rotatable bonds is 0. The third kappa shape index (κ3) is 1.85. The largest absolute Gasteiger partial charge is 0.361 e. The van der Waals surface area contributed by atoms with Crippen molar-refractivity contribution in [3.63, 3.8) is 0 Å². The van der Waals surface area contributed by atoms with E-state index < -0.39 is 0 Å². The van der Waals surface area contributed by atoms with E-state index >= 15 is 0 Å². The number of hydrogen-bond donors (Lipinski definition) is 1. The minimum absolute atomic E-state index is 0.459. The highest BCUT2D eigenvalue weighted by Gasteiger charge is 2.30. The first-order valence-electron chi connectivity index (χ1n) is 6.77. The Kier molecular flexibility index (Phi) is 2.75. The Morgan fingerprint density at radius 3 is 2.74 bits per heavy atom. The van der Waals surface area contributed by atoms with Gasteiger partial charge < -0.3 is 10.2 Å². The predicted octanol–water partition coefficient (Wildman–Crippen LogP) is 3.30. The SMILES string of the molecule is c1ccc2c(c1)Sc1ccccc1N1CCNCC21. The van der Waals surface area contributed by atoms with Gasteiger partial charge in [0.15, 0.2) is 0 Å². The van der Waals surface area contributed by atoms with Crippen LogP contribution in [0.2, 0.25) is 0 Å². The summed E-state index contributed by atoms with van der Waals surface area (Å²) in [4.78, 5) is 5.33. The van der Waals surface area contributed by atoms with Gasteiger partial charge in [0, 0.05) is 29.4 Å². The molecular formula is C16H16N2S. The summed E-state index contributed by atoms with van der Waals surface area (Å²) in [6, 6.07) is 18.1. The maximum absolute atomic E-state index is 3.53. The first kappa shape index (κ1) is 11.4. The number of anilines is 1. The summed E-state index contributed by atoms with van der Waals surface area (Å²) in [5.41, 5.74) is 2.84. The number of fused-ring (bicyclic) bond motifs is 5. The van der Waals surface area contributed by atoms with E-state index in [1.807, 2.05) is 11.8 Å². The summed E-state index contributed by atoms with van der Waals surface area (Å²) in [6.07, 6.45) is 0. The predicted molar refractivity (Wildman–Crippen MR) is 80.0 cm³/mol. The van der Waals surface area contributed by atoms with E-state index in [1.54, 1.807) is 0 Å². The number of nitrogens with one attached hydrogen (secondary N) is 1. The molecule has 96 valence electrons. The number of hydrogen-bond acceptors (Lipinski definition) is 3. The van der Waals surface area contributed by atoms with E-state index in [-0.39, 0.29) is 0 Å². The van der Waals surface area contributed by atoms with Gasteiger partial charge in [0.25, 0.3) is 0 Å². The van der Waals surface area contributed by atoms with Crippen LogP contribution in [-0.2, 0) is 0 Å². The fourth-order valence-electron chi connectivity index (χ4n) is 3.02. The fourth-order valence-corrected chi connectivity index (χ4v) is 4.16. The van der Waals surface area contributed by atoms with Gasteiger partial charge in [0.05, 0.1) is 11.7 Å². The van der Waals surface area contributed by atoms with Gasteiger partial charge in [-0.15, -0.1) is 0 Å². The molecule has 0 aliphatic carbocycles. The molecule has 1 saturated heterocycles. The van der Waals surface area contributed by atoms with Gasteiger partial charge >= 0.3 is 0 Å². The summed E-state index contributed by atoms with van der Waals surface area (Å²) in [6.45, 7) is 3.18. The van der Waals surface area contributed by atoms with E-state index in [4.69, 9.17) is 0 Å². The minimum atomic E-state index is 0.459. The lowest BCUT2D eigenvalue weighted by Crippen LogP contribution is -2.46. The average Bonchev–Trinajstić information content (AvgIpc) is 2.62. The second-order valence-corrected chi connectivity index (χ2v) is 6.10. The van der Waals surface area contributed by atoms with Crippen molar-refractivity contribution >= 4 is 17.4 Å². The molecule has 1 N–H and O–H groups in total. The summed E-state index contributed by atoms with van der Waals surface area (Å²) in [5.74, 6) is 0. The highest BCUT2D eigenvalue weighted by Crippen LogP contribution is 2.45. The van der Waals surface area contributed by atoms with Gasteiger partial charge in [0.2, 0.25) is 0 Å². The molecule has 0 aromatic heterocycles. The quantitative estimate of drug-likeness (QED) is 0.789. The molecular weight excluding hydrogens is 252 g/mol. The Hall–Kier alpha value is -1.45. The van der Waals surface area contributed by atoms with Crippen LogP contribution in [0.1, 0.15) is 11.6 Å². The molecule has 2 heterocycles. The Labute approximate surface area is 117 Å². The van der Waals surface area contributed by atoms with Crippen molar-refractivity contribution in [1.82, 2.24) is 5.32 Å². The summed E-state index contributed by atoms with van der Waals surface area (Å²) >= 11 is 1.90. The molecule has 0 saturated carbocycles. The second kappa shape index (κ2) is 4.58. The van der Waals surface area contributed by atoms with Gasteiger partial charge in [-0.2, -0.15) is 0 Å². The van der Waals surface area contributed by atoms with Crippen LogP contribution in [0, 0.1) is 0 Å². The van der Waals surface area contributed by atoms with Crippen LogP contribution in [-0.4, -0.2) is 19.6 Å². The lowest BCUT2D eigenvalue weighted by atomic mass is 10.0. The van der Waals surface area contributed by atoms with Crippen LogP contribution >= 0.6 is 11.8 Å². The van der Waals surface area contributed by atoms with Gasteiger partial charge in [-0.25, -0.2) is 0 Å².